The number of piperidine rings is 1. The van der Waals surface area contributed by atoms with Crippen molar-refractivity contribution in [1.29, 1.82) is 0 Å². The van der Waals surface area contributed by atoms with Gasteiger partial charge in [-0.25, -0.2) is 0 Å². The number of pyridine rings is 1. The third-order valence-corrected chi connectivity index (χ3v) is 4.59. The maximum atomic E-state index is 12.0. The van der Waals surface area contributed by atoms with Gasteiger partial charge in [-0.2, -0.15) is 0 Å². The summed E-state index contributed by atoms with van der Waals surface area (Å²) in [6.45, 7) is 4.22. The lowest BCUT2D eigenvalue weighted by atomic mass is 9.89. The molecule has 2 saturated heterocycles. The third-order valence-electron chi connectivity index (χ3n) is 4.59. The van der Waals surface area contributed by atoms with E-state index in [4.69, 9.17) is 14.2 Å². The van der Waals surface area contributed by atoms with E-state index in [9.17, 15) is 4.79 Å². The molecule has 3 heterocycles. The molecule has 2 aliphatic rings. The van der Waals surface area contributed by atoms with Crippen LogP contribution in [0.25, 0.3) is 0 Å². The zero-order valence-electron chi connectivity index (χ0n) is 13.7. The molecule has 6 nitrogen and oxygen atoms in total. The van der Waals surface area contributed by atoms with Gasteiger partial charge in [-0.05, 0) is 31.9 Å². The fourth-order valence-electron chi connectivity index (χ4n) is 3.53. The highest BCUT2D eigenvalue weighted by atomic mass is 16.6. The van der Waals surface area contributed by atoms with Crippen LogP contribution in [0.4, 0.5) is 0 Å². The summed E-state index contributed by atoms with van der Waals surface area (Å²) in [4.78, 5) is 17.9. The van der Waals surface area contributed by atoms with Gasteiger partial charge in [0, 0.05) is 32.3 Å². The van der Waals surface area contributed by atoms with Crippen LogP contribution in [0.3, 0.4) is 0 Å². The van der Waals surface area contributed by atoms with Crippen LogP contribution in [0, 0.1) is 5.92 Å². The number of rotatable bonds is 5. The monoisotopic (exact) mass is 320 g/mol. The Labute approximate surface area is 136 Å². The second kappa shape index (κ2) is 6.84. The molecular formula is C17H24N2O4. The van der Waals surface area contributed by atoms with Gasteiger partial charge in [0.25, 0.3) is 0 Å². The van der Waals surface area contributed by atoms with Crippen LogP contribution in [-0.2, 0) is 14.3 Å². The molecule has 3 atom stereocenters. The molecule has 1 amide bonds. The van der Waals surface area contributed by atoms with Crippen molar-refractivity contribution >= 4 is 5.91 Å². The van der Waals surface area contributed by atoms with Gasteiger partial charge in [0.1, 0.15) is 24.6 Å². The SMILES string of the molecule is COCC(=O)N1CC[C@@H]2O[C@@](C)(COc3cccnc3)C[C@@H]2C1. The Morgan fingerprint density at radius 3 is 3.17 bits per heavy atom. The summed E-state index contributed by atoms with van der Waals surface area (Å²) in [5, 5.41) is 0. The van der Waals surface area contributed by atoms with Crippen LogP contribution >= 0.6 is 0 Å². The van der Waals surface area contributed by atoms with E-state index in [2.05, 4.69) is 11.9 Å². The largest absolute Gasteiger partial charge is 0.489 e. The maximum absolute atomic E-state index is 12.0. The topological polar surface area (TPSA) is 60.9 Å². The summed E-state index contributed by atoms with van der Waals surface area (Å²) in [5.41, 5.74) is -0.314. The van der Waals surface area contributed by atoms with E-state index in [0.717, 1.165) is 31.7 Å². The predicted molar refractivity (Wildman–Crippen MR) is 84.2 cm³/mol. The number of ether oxygens (including phenoxy) is 3. The zero-order valence-corrected chi connectivity index (χ0v) is 13.7. The number of likely N-dealkylation sites (tertiary alicyclic amines) is 1. The van der Waals surface area contributed by atoms with Gasteiger partial charge >= 0.3 is 0 Å². The first-order valence-corrected chi connectivity index (χ1v) is 8.07. The highest BCUT2D eigenvalue weighted by Gasteiger charge is 2.46. The third kappa shape index (κ3) is 3.82. The lowest BCUT2D eigenvalue weighted by Gasteiger charge is -2.33. The van der Waals surface area contributed by atoms with E-state index < -0.39 is 0 Å². The maximum Gasteiger partial charge on any atom is 0.248 e. The molecule has 0 aromatic carbocycles. The number of aromatic nitrogens is 1. The minimum atomic E-state index is -0.314. The second-order valence-electron chi connectivity index (χ2n) is 6.61. The van der Waals surface area contributed by atoms with Crippen molar-refractivity contribution in [1.82, 2.24) is 9.88 Å². The average molecular weight is 320 g/mol. The number of carbonyl (C=O) groups excluding carboxylic acids is 1. The normalized spacial score (nSPS) is 30.1. The number of amides is 1. The van der Waals surface area contributed by atoms with E-state index in [0.29, 0.717) is 12.5 Å². The molecule has 0 aliphatic carbocycles. The molecule has 0 N–H and O–H groups in total. The van der Waals surface area contributed by atoms with Crippen molar-refractivity contribution in [3.63, 3.8) is 0 Å². The van der Waals surface area contributed by atoms with Crippen molar-refractivity contribution in [3.8, 4) is 5.75 Å². The molecule has 23 heavy (non-hydrogen) atoms. The minimum Gasteiger partial charge on any atom is -0.489 e. The lowest BCUT2D eigenvalue weighted by Crippen LogP contribution is -2.45. The lowest BCUT2D eigenvalue weighted by molar-refractivity contribution is -0.139. The number of methoxy groups -OCH3 is 1. The first-order chi connectivity index (χ1) is 11.1. The molecule has 126 valence electrons. The Balaban J connectivity index is 1.55. The quantitative estimate of drug-likeness (QED) is 0.823. The van der Waals surface area contributed by atoms with Crippen LogP contribution < -0.4 is 4.74 Å². The molecule has 0 bridgehead atoms. The highest BCUT2D eigenvalue weighted by Crippen LogP contribution is 2.39. The van der Waals surface area contributed by atoms with Crippen LogP contribution in [0.15, 0.2) is 24.5 Å². The number of nitrogens with zero attached hydrogens (tertiary/aromatic N) is 2. The first-order valence-electron chi connectivity index (χ1n) is 8.07. The zero-order chi connectivity index (χ0) is 16.3. The number of fused-ring (bicyclic) bond motifs is 1. The number of hydrogen-bond donors (Lipinski definition) is 0. The van der Waals surface area contributed by atoms with Gasteiger partial charge < -0.3 is 19.1 Å². The molecule has 6 heteroatoms. The standard InChI is InChI=1S/C17H24N2O4/c1-17(12-22-14-4-3-6-18-9-14)8-13-10-19(16(20)11-21-2)7-5-15(13)23-17/h3-4,6,9,13,15H,5,7-8,10-12H2,1-2H3/t13-,15+,17-/m1/s1. The molecule has 2 fully saturated rings. The summed E-state index contributed by atoms with van der Waals surface area (Å²) in [7, 11) is 1.55. The Morgan fingerprint density at radius 2 is 2.43 bits per heavy atom. The molecule has 3 rings (SSSR count). The van der Waals surface area contributed by atoms with Crippen LogP contribution in [-0.4, -0.2) is 60.9 Å². The average Bonchev–Trinajstić information content (AvgIpc) is 2.90. The summed E-state index contributed by atoms with van der Waals surface area (Å²) in [6, 6.07) is 3.75. The van der Waals surface area contributed by atoms with E-state index in [1.807, 2.05) is 17.0 Å². The molecule has 2 aliphatic heterocycles. The van der Waals surface area contributed by atoms with Gasteiger partial charge in [-0.15, -0.1) is 0 Å². The molecule has 0 spiro atoms. The van der Waals surface area contributed by atoms with E-state index >= 15 is 0 Å². The molecular weight excluding hydrogens is 296 g/mol. The van der Waals surface area contributed by atoms with Gasteiger partial charge in [0.2, 0.25) is 5.91 Å². The van der Waals surface area contributed by atoms with Crippen molar-refractivity contribution in [2.45, 2.75) is 31.5 Å². The molecule has 1 aromatic rings. The Bertz CT molecular complexity index is 539. The van der Waals surface area contributed by atoms with Gasteiger partial charge in [0.05, 0.1) is 12.3 Å². The van der Waals surface area contributed by atoms with E-state index in [1.165, 1.54) is 0 Å². The van der Waals surface area contributed by atoms with Crippen molar-refractivity contribution in [2.75, 3.05) is 33.4 Å². The van der Waals surface area contributed by atoms with E-state index in [1.54, 1.807) is 19.5 Å². The summed E-state index contributed by atoms with van der Waals surface area (Å²) in [6.07, 6.45) is 5.42. The molecule has 0 radical (unpaired) electrons. The van der Waals surface area contributed by atoms with Crippen molar-refractivity contribution in [3.05, 3.63) is 24.5 Å². The molecule has 0 unspecified atom stereocenters. The Morgan fingerprint density at radius 1 is 1.57 bits per heavy atom. The predicted octanol–water partition coefficient (Wildman–Crippen LogP) is 1.50. The van der Waals surface area contributed by atoms with Crippen LogP contribution in [0.1, 0.15) is 19.8 Å². The number of hydrogen-bond acceptors (Lipinski definition) is 5. The fourth-order valence-corrected chi connectivity index (χ4v) is 3.53. The molecule has 1 aromatic heterocycles. The van der Waals surface area contributed by atoms with Crippen molar-refractivity contribution < 1.29 is 19.0 Å². The van der Waals surface area contributed by atoms with Crippen molar-refractivity contribution in [2.24, 2.45) is 5.92 Å². The van der Waals surface area contributed by atoms with Crippen LogP contribution in [0.5, 0.6) is 5.75 Å². The van der Waals surface area contributed by atoms with Gasteiger partial charge in [0.15, 0.2) is 0 Å². The second-order valence-corrected chi connectivity index (χ2v) is 6.61. The van der Waals surface area contributed by atoms with E-state index in [-0.39, 0.29) is 24.2 Å². The van der Waals surface area contributed by atoms with Gasteiger partial charge in [-0.1, -0.05) is 0 Å². The van der Waals surface area contributed by atoms with Crippen LogP contribution in [0.2, 0.25) is 0 Å². The number of carbonyl (C=O) groups is 1. The smallest absolute Gasteiger partial charge is 0.248 e. The Hall–Kier alpha value is -1.66. The summed E-state index contributed by atoms with van der Waals surface area (Å²) < 4.78 is 17.0. The first kappa shape index (κ1) is 16.2. The fraction of sp³-hybridized carbons (Fsp3) is 0.647. The molecule has 0 saturated carbocycles. The van der Waals surface area contributed by atoms with Gasteiger partial charge in [-0.3, -0.25) is 9.78 Å². The Kier molecular flexibility index (Phi) is 4.82. The highest BCUT2D eigenvalue weighted by molar-refractivity contribution is 5.77. The summed E-state index contributed by atoms with van der Waals surface area (Å²) in [5.74, 6) is 1.18. The summed E-state index contributed by atoms with van der Waals surface area (Å²) >= 11 is 0. The minimum absolute atomic E-state index is 0.0613.